The molecule has 0 aromatic heterocycles. The Morgan fingerprint density at radius 1 is 0.800 bits per heavy atom. The van der Waals surface area contributed by atoms with Crippen molar-refractivity contribution >= 4 is 37.5 Å². The van der Waals surface area contributed by atoms with Crippen molar-refractivity contribution in [2.24, 2.45) is 35.5 Å². The van der Waals surface area contributed by atoms with Gasteiger partial charge in [0.1, 0.15) is 0 Å². The summed E-state index contributed by atoms with van der Waals surface area (Å²) in [6, 6.07) is 9.52. The minimum atomic E-state index is 0.739. The molecule has 0 aliphatic heterocycles. The smallest absolute Gasteiger partial charge is 0.0361 e. The first kappa shape index (κ1) is 17.1. The second-order valence-electron chi connectivity index (χ2n) is 9.24. The highest BCUT2D eigenvalue weighted by Gasteiger charge is 2.67. The first-order chi connectivity index (χ1) is 12.1. The highest BCUT2D eigenvalue weighted by Crippen LogP contribution is 2.73. The highest BCUT2D eigenvalue weighted by atomic mass is 79.9. The van der Waals surface area contributed by atoms with Gasteiger partial charge in [-0.2, -0.15) is 0 Å². The molecule has 1 aromatic carbocycles. The summed E-state index contributed by atoms with van der Waals surface area (Å²) in [7, 11) is 4.27. The van der Waals surface area contributed by atoms with E-state index in [-0.39, 0.29) is 0 Å². The third-order valence-corrected chi connectivity index (χ3v) is 10.0. The molecule has 9 unspecified atom stereocenters. The van der Waals surface area contributed by atoms with Crippen molar-refractivity contribution in [2.75, 3.05) is 19.0 Å². The topological polar surface area (TPSA) is 3.24 Å². The molecule has 1 nitrogen and oxygen atoms in total. The number of rotatable bonds is 2. The number of hydrogen-bond donors (Lipinski definition) is 0. The quantitative estimate of drug-likeness (QED) is 0.478. The van der Waals surface area contributed by atoms with Crippen molar-refractivity contribution in [1.29, 1.82) is 0 Å². The molecule has 4 aliphatic carbocycles. The molecular weight excluding hydrogens is 438 g/mol. The van der Waals surface area contributed by atoms with E-state index in [2.05, 4.69) is 75.1 Å². The Morgan fingerprint density at radius 2 is 1.52 bits per heavy atom. The molecular formula is C22H29Br2N. The number of fused-ring (bicyclic) bond motifs is 3. The summed E-state index contributed by atoms with van der Waals surface area (Å²) in [6.07, 6.45) is 7.18. The maximum Gasteiger partial charge on any atom is 0.0361 e. The Kier molecular flexibility index (Phi) is 4.28. The van der Waals surface area contributed by atoms with E-state index in [1.165, 1.54) is 37.8 Å². The second-order valence-corrected chi connectivity index (χ2v) is 11.7. The van der Waals surface area contributed by atoms with Gasteiger partial charge in [0.15, 0.2) is 0 Å². The highest BCUT2D eigenvalue weighted by molar-refractivity contribution is 9.09. The zero-order chi connectivity index (χ0) is 17.3. The van der Waals surface area contributed by atoms with Crippen molar-refractivity contribution in [3.8, 4) is 0 Å². The van der Waals surface area contributed by atoms with Crippen LogP contribution in [0.4, 0.5) is 5.69 Å². The van der Waals surface area contributed by atoms with Gasteiger partial charge in [0.25, 0.3) is 0 Å². The lowest BCUT2D eigenvalue weighted by Crippen LogP contribution is -2.52. The van der Waals surface area contributed by atoms with E-state index in [1.54, 1.807) is 5.56 Å². The summed E-state index contributed by atoms with van der Waals surface area (Å²) in [6.45, 7) is 0. The summed E-state index contributed by atoms with van der Waals surface area (Å²) < 4.78 is 0. The van der Waals surface area contributed by atoms with Crippen LogP contribution in [0.25, 0.3) is 0 Å². The minimum absolute atomic E-state index is 0.739. The normalized spacial score (nSPS) is 47.6. The van der Waals surface area contributed by atoms with Gasteiger partial charge in [-0.1, -0.05) is 44.0 Å². The molecule has 0 spiro atoms. The summed E-state index contributed by atoms with van der Waals surface area (Å²) in [5.41, 5.74) is 2.93. The van der Waals surface area contributed by atoms with Crippen LogP contribution in [0.2, 0.25) is 0 Å². The molecule has 1 aromatic rings. The largest absolute Gasteiger partial charge is 0.378 e. The van der Waals surface area contributed by atoms with Crippen molar-refractivity contribution in [3.05, 3.63) is 29.8 Å². The molecule has 0 radical (unpaired) electrons. The standard InChI is InChI=1S/C22H29Br2N/c1-25(2)14-6-3-12(4-7-14)19-21-17-11-13(23)5-8-15(17)16-9-10-18(24)22(19)20(16)21/h3-4,6-7,13,15-22H,5,8-11H2,1-2H3. The molecule has 4 saturated carbocycles. The van der Waals surface area contributed by atoms with Crippen LogP contribution in [-0.2, 0) is 0 Å². The predicted molar refractivity (Wildman–Crippen MR) is 113 cm³/mol. The zero-order valence-corrected chi connectivity index (χ0v) is 18.4. The van der Waals surface area contributed by atoms with Gasteiger partial charge >= 0.3 is 0 Å². The lowest BCUT2D eigenvalue weighted by Gasteiger charge is -2.57. The average Bonchev–Trinajstić information content (AvgIpc) is 2.85. The minimum Gasteiger partial charge on any atom is -0.378 e. The second kappa shape index (κ2) is 6.26. The zero-order valence-electron chi connectivity index (χ0n) is 15.2. The van der Waals surface area contributed by atoms with E-state index in [4.69, 9.17) is 0 Å². The van der Waals surface area contributed by atoms with Gasteiger partial charge in [0.05, 0.1) is 0 Å². The number of alkyl halides is 2. The molecule has 0 amide bonds. The van der Waals surface area contributed by atoms with Crippen molar-refractivity contribution < 1.29 is 0 Å². The summed E-state index contributed by atoms with van der Waals surface area (Å²) >= 11 is 8.06. The predicted octanol–water partition coefficient (Wildman–Crippen LogP) is 6.07. The number of anilines is 1. The Bertz CT molecular complexity index is 632. The fraction of sp³-hybridized carbons (Fsp3) is 0.727. The molecule has 0 heterocycles. The molecule has 5 rings (SSSR count). The van der Waals surface area contributed by atoms with Crippen LogP contribution in [-0.4, -0.2) is 23.7 Å². The van der Waals surface area contributed by atoms with Crippen LogP contribution in [0.15, 0.2) is 24.3 Å². The number of halogens is 2. The maximum absolute atomic E-state index is 4.10. The summed E-state index contributed by atoms with van der Waals surface area (Å²) in [5, 5.41) is 0. The third kappa shape index (κ3) is 2.51. The summed E-state index contributed by atoms with van der Waals surface area (Å²) in [4.78, 5) is 3.72. The van der Waals surface area contributed by atoms with E-state index < -0.39 is 0 Å². The van der Waals surface area contributed by atoms with Crippen LogP contribution in [0, 0.1) is 35.5 Å². The molecule has 4 fully saturated rings. The monoisotopic (exact) mass is 465 g/mol. The van der Waals surface area contributed by atoms with Gasteiger partial charge < -0.3 is 4.90 Å². The van der Waals surface area contributed by atoms with Crippen LogP contribution in [0.3, 0.4) is 0 Å². The molecule has 25 heavy (non-hydrogen) atoms. The number of nitrogens with zero attached hydrogens (tertiary/aromatic N) is 1. The molecule has 136 valence electrons. The van der Waals surface area contributed by atoms with Gasteiger partial charge in [-0.05, 0) is 91.2 Å². The van der Waals surface area contributed by atoms with Crippen LogP contribution >= 0.6 is 31.9 Å². The van der Waals surface area contributed by atoms with E-state index >= 15 is 0 Å². The van der Waals surface area contributed by atoms with E-state index in [1.807, 2.05) is 0 Å². The average molecular weight is 467 g/mol. The van der Waals surface area contributed by atoms with Crippen LogP contribution < -0.4 is 4.90 Å². The van der Waals surface area contributed by atoms with Gasteiger partial charge in [0, 0.05) is 29.4 Å². The molecule has 0 N–H and O–H groups in total. The fourth-order valence-electron chi connectivity index (χ4n) is 7.26. The van der Waals surface area contributed by atoms with Gasteiger partial charge in [0.2, 0.25) is 0 Å². The van der Waals surface area contributed by atoms with Gasteiger partial charge in [-0.25, -0.2) is 0 Å². The van der Waals surface area contributed by atoms with E-state index in [0.717, 1.165) is 51.1 Å². The van der Waals surface area contributed by atoms with E-state index in [0.29, 0.717) is 0 Å². The number of hydrogen-bond acceptors (Lipinski definition) is 1. The molecule has 4 aliphatic rings. The first-order valence-corrected chi connectivity index (χ1v) is 11.9. The van der Waals surface area contributed by atoms with Crippen molar-refractivity contribution in [1.82, 2.24) is 0 Å². The molecule has 0 bridgehead atoms. The number of benzene rings is 1. The molecule has 3 heteroatoms. The third-order valence-electron chi connectivity index (χ3n) is 8.14. The Morgan fingerprint density at radius 3 is 2.24 bits per heavy atom. The first-order valence-electron chi connectivity index (χ1n) is 10.1. The Labute approximate surface area is 169 Å². The van der Waals surface area contributed by atoms with Crippen molar-refractivity contribution in [3.63, 3.8) is 0 Å². The SMILES string of the molecule is CN(C)c1ccc(C2C3C(Br)CCC4C5CCC(Br)CC5C2C43)cc1. The van der Waals surface area contributed by atoms with E-state index in [9.17, 15) is 0 Å². The molecule has 0 saturated heterocycles. The fourth-order valence-corrected chi connectivity index (χ4v) is 8.90. The summed E-state index contributed by atoms with van der Waals surface area (Å²) in [5.74, 6) is 6.66. The van der Waals surface area contributed by atoms with Crippen molar-refractivity contribution in [2.45, 2.75) is 47.7 Å². The van der Waals surface area contributed by atoms with Gasteiger partial charge in [-0.15, -0.1) is 0 Å². The lowest BCUT2D eigenvalue weighted by molar-refractivity contribution is -0.0133. The molecule has 9 atom stereocenters. The Balaban J connectivity index is 1.49. The van der Waals surface area contributed by atoms with Crippen LogP contribution in [0.5, 0.6) is 0 Å². The van der Waals surface area contributed by atoms with Crippen LogP contribution in [0.1, 0.15) is 43.6 Å². The Hall–Kier alpha value is -0.0200. The lowest BCUT2D eigenvalue weighted by atomic mass is 9.49. The maximum atomic E-state index is 4.10. The van der Waals surface area contributed by atoms with Gasteiger partial charge in [-0.3, -0.25) is 0 Å².